The first-order valence-corrected chi connectivity index (χ1v) is 11.4. The summed E-state index contributed by atoms with van der Waals surface area (Å²) < 4.78 is 9.05. The van der Waals surface area contributed by atoms with Gasteiger partial charge in [-0.3, -0.25) is 13.8 Å². The van der Waals surface area contributed by atoms with Crippen molar-refractivity contribution in [2.75, 3.05) is 13.2 Å². The maximum atomic E-state index is 13.1. The van der Waals surface area contributed by atoms with E-state index in [9.17, 15) is 4.79 Å². The number of nitrogens with zero attached hydrogens (tertiary/aromatic N) is 4. The summed E-state index contributed by atoms with van der Waals surface area (Å²) in [4.78, 5) is 13.1. The average molecular weight is 463 g/mol. The SMILES string of the molecule is CCOCCCn1c(=O)c2ccccc2n2c(SCc3ccc(Cl)c(Cl)c3)nnc12. The van der Waals surface area contributed by atoms with E-state index in [1.54, 1.807) is 10.6 Å². The van der Waals surface area contributed by atoms with Crippen molar-refractivity contribution in [3.8, 4) is 0 Å². The van der Waals surface area contributed by atoms with Crippen LogP contribution in [0.2, 0.25) is 10.0 Å². The van der Waals surface area contributed by atoms with Crippen molar-refractivity contribution in [2.24, 2.45) is 0 Å². The molecular weight excluding hydrogens is 443 g/mol. The fourth-order valence-electron chi connectivity index (χ4n) is 3.27. The summed E-state index contributed by atoms with van der Waals surface area (Å²) >= 11 is 13.7. The van der Waals surface area contributed by atoms with Gasteiger partial charge in [0.1, 0.15) is 0 Å². The Kier molecular flexibility index (Phi) is 6.63. The summed E-state index contributed by atoms with van der Waals surface area (Å²) in [7, 11) is 0. The number of thioether (sulfide) groups is 1. The van der Waals surface area contributed by atoms with E-state index in [-0.39, 0.29) is 5.56 Å². The quantitative estimate of drug-likeness (QED) is 0.270. The van der Waals surface area contributed by atoms with Gasteiger partial charge < -0.3 is 4.74 Å². The summed E-state index contributed by atoms with van der Waals surface area (Å²) in [5, 5.41) is 11.1. The minimum atomic E-state index is -0.0666. The fourth-order valence-corrected chi connectivity index (χ4v) is 4.48. The van der Waals surface area contributed by atoms with Crippen molar-refractivity contribution in [1.82, 2.24) is 19.2 Å². The molecule has 0 aliphatic heterocycles. The van der Waals surface area contributed by atoms with E-state index in [1.807, 2.05) is 47.7 Å². The molecule has 0 bridgehead atoms. The molecule has 2 heterocycles. The number of hydrogen-bond donors (Lipinski definition) is 0. The molecular formula is C21H20Cl2N4O2S. The molecule has 156 valence electrons. The summed E-state index contributed by atoms with van der Waals surface area (Å²) in [5.74, 6) is 1.18. The van der Waals surface area contributed by atoms with Crippen LogP contribution in [0.15, 0.2) is 52.4 Å². The summed E-state index contributed by atoms with van der Waals surface area (Å²) in [6.07, 6.45) is 0.723. The van der Waals surface area contributed by atoms with E-state index in [0.717, 1.165) is 17.5 Å². The average Bonchev–Trinajstić information content (AvgIpc) is 3.18. The van der Waals surface area contributed by atoms with Gasteiger partial charge in [0.05, 0.1) is 20.9 Å². The Morgan fingerprint density at radius 1 is 1.10 bits per heavy atom. The molecule has 0 unspecified atom stereocenters. The number of para-hydroxylation sites is 1. The van der Waals surface area contributed by atoms with E-state index in [1.165, 1.54) is 11.8 Å². The second-order valence-electron chi connectivity index (χ2n) is 6.68. The fraction of sp³-hybridized carbons (Fsp3) is 0.286. The standard InChI is InChI=1S/C21H20Cl2N4O2S/c1-2-29-11-5-10-26-19(28)15-6-3-4-7-18(15)27-20(26)24-25-21(27)30-13-14-8-9-16(22)17(23)12-14/h3-4,6-9,12H,2,5,10-11,13H2,1H3. The van der Waals surface area contributed by atoms with Crippen LogP contribution in [0.5, 0.6) is 0 Å². The molecule has 4 aromatic rings. The lowest BCUT2D eigenvalue weighted by molar-refractivity contribution is 0.141. The Hall–Kier alpha value is -2.06. The van der Waals surface area contributed by atoms with Crippen LogP contribution in [0, 0.1) is 0 Å². The molecule has 0 N–H and O–H groups in total. The first-order chi connectivity index (χ1) is 14.6. The molecule has 0 aliphatic carbocycles. The van der Waals surface area contributed by atoms with Crippen LogP contribution < -0.4 is 5.56 Å². The molecule has 0 fully saturated rings. The molecule has 0 aliphatic rings. The number of ether oxygens (including phenoxy) is 1. The summed E-state index contributed by atoms with van der Waals surface area (Å²) in [6.45, 7) is 3.72. The molecule has 0 radical (unpaired) electrons. The van der Waals surface area contributed by atoms with E-state index in [2.05, 4.69) is 10.2 Å². The largest absolute Gasteiger partial charge is 0.382 e. The molecule has 0 spiro atoms. The zero-order valence-corrected chi connectivity index (χ0v) is 18.7. The molecule has 0 saturated carbocycles. The number of rotatable bonds is 8. The van der Waals surface area contributed by atoms with Gasteiger partial charge in [0.2, 0.25) is 5.78 Å². The van der Waals surface area contributed by atoms with Gasteiger partial charge >= 0.3 is 0 Å². The van der Waals surface area contributed by atoms with Gasteiger partial charge in [0, 0.05) is 25.5 Å². The molecule has 0 saturated heterocycles. The van der Waals surface area contributed by atoms with Crippen LogP contribution in [0.1, 0.15) is 18.9 Å². The van der Waals surface area contributed by atoms with Gasteiger partial charge in [0.15, 0.2) is 5.16 Å². The monoisotopic (exact) mass is 462 g/mol. The Morgan fingerprint density at radius 3 is 2.73 bits per heavy atom. The van der Waals surface area contributed by atoms with Crippen molar-refractivity contribution in [3.63, 3.8) is 0 Å². The van der Waals surface area contributed by atoms with Crippen LogP contribution in [0.3, 0.4) is 0 Å². The van der Waals surface area contributed by atoms with Crippen molar-refractivity contribution >= 4 is 51.6 Å². The van der Waals surface area contributed by atoms with Gasteiger partial charge in [0.25, 0.3) is 5.56 Å². The third-order valence-corrected chi connectivity index (χ3v) is 6.44. The minimum Gasteiger partial charge on any atom is -0.382 e. The van der Waals surface area contributed by atoms with Crippen molar-refractivity contribution in [1.29, 1.82) is 0 Å². The molecule has 2 aromatic carbocycles. The first kappa shape index (κ1) is 21.2. The number of aryl methyl sites for hydroxylation is 1. The minimum absolute atomic E-state index is 0.0666. The molecule has 6 nitrogen and oxygen atoms in total. The molecule has 0 atom stereocenters. The van der Waals surface area contributed by atoms with Crippen molar-refractivity contribution in [2.45, 2.75) is 30.8 Å². The molecule has 0 amide bonds. The second-order valence-corrected chi connectivity index (χ2v) is 8.44. The number of halogens is 2. The number of hydrogen-bond acceptors (Lipinski definition) is 5. The molecule has 9 heteroatoms. The third-order valence-electron chi connectivity index (χ3n) is 4.70. The van der Waals surface area contributed by atoms with Crippen molar-refractivity contribution < 1.29 is 4.74 Å². The zero-order valence-electron chi connectivity index (χ0n) is 16.3. The number of fused-ring (bicyclic) bond motifs is 3. The number of aromatic nitrogens is 4. The van der Waals surface area contributed by atoms with E-state index >= 15 is 0 Å². The Morgan fingerprint density at radius 2 is 1.93 bits per heavy atom. The highest BCUT2D eigenvalue weighted by atomic mass is 35.5. The normalized spacial score (nSPS) is 11.6. The van der Waals surface area contributed by atoms with E-state index in [0.29, 0.717) is 51.9 Å². The zero-order chi connectivity index (χ0) is 21.1. The Bertz CT molecular complexity index is 1260. The van der Waals surface area contributed by atoms with Crippen molar-refractivity contribution in [3.05, 3.63) is 68.4 Å². The lowest BCUT2D eigenvalue weighted by Gasteiger charge is -2.11. The van der Waals surface area contributed by atoms with Crippen LogP contribution in [-0.2, 0) is 17.0 Å². The van der Waals surface area contributed by atoms with Gasteiger partial charge in [-0.2, -0.15) is 0 Å². The smallest absolute Gasteiger partial charge is 0.262 e. The predicted molar refractivity (Wildman–Crippen MR) is 122 cm³/mol. The highest BCUT2D eigenvalue weighted by Gasteiger charge is 2.16. The van der Waals surface area contributed by atoms with Crippen LogP contribution in [0.4, 0.5) is 0 Å². The lowest BCUT2D eigenvalue weighted by atomic mass is 10.2. The van der Waals surface area contributed by atoms with Gasteiger partial charge in [-0.15, -0.1) is 10.2 Å². The second kappa shape index (κ2) is 9.39. The van der Waals surface area contributed by atoms with Crippen LogP contribution in [-0.4, -0.2) is 32.4 Å². The Balaban J connectivity index is 1.73. The van der Waals surface area contributed by atoms with E-state index in [4.69, 9.17) is 27.9 Å². The summed E-state index contributed by atoms with van der Waals surface area (Å²) in [5.41, 5.74) is 1.75. The van der Waals surface area contributed by atoms with Crippen LogP contribution >= 0.6 is 35.0 Å². The highest BCUT2D eigenvalue weighted by Crippen LogP contribution is 2.28. The van der Waals surface area contributed by atoms with E-state index < -0.39 is 0 Å². The van der Waals surface area contributed by atoms with Crippen LogP contribution in [0.25, 0.3) is 16.7 Å². The van der Waals surface area contributed by atoms with Gasteiger partial charge in [-0.1, -0.05) is 53.2 Å². The lowest BCUT2D eigenvalue weighted by Crippen LogP contribution is -2.24. The van der Waals surface area contributed by atoms with Gasteiger partial charge in [-0.05, 0) is 43.2 Å². The predicted octanol–water partition coefficient (Wildman–Crippen LogP) is 5.07. The molecule has 30 heavy (non-hydrogen) atoms. The van der Waals surface area contributed by atoms with Gasteiger partial charge in [-0.25, -0.2) is 0 Å². The molecule has 4 rings (SSSR count). The topological polar surface area (TPSA) is 61.4 Å². The third kappa shape index (κ3) is 4.21. The highest BCUT2D eigenvalue weighted by molar-refractivity contribution is 7.98. The summed E-state index contributed by atoms with van der Waals surface area (Å²) in [6, 6.07) is 13.1. The first-order valence-electron chi connectivity index (χ1n) is 9.61. The molecule has 2 aromatic heterocycles. The maximum absolute atomic E-state index is 13.1. The Labute approximate surface area is 187 Å². The number of benzene rings is 2. The maximum Gasteiger partial charge on any atom is 0.262 e.